The number of hydrogen-bond acceptors (Lipinski definition) is 2. The quantitative estimate of drug-likeness (QED) is 0.823. The predicted molar refractivity (Wildman–Crippen MR) is 69.3 cm³/mol. The highest BCUT2D eigenvalue weighted by Crippen LogP contribution is 2.36. The number of carboxylic acid groups (broad SMARTS) is 1. The molecule has 2 N–H and O–H groups in total. The third-order valence-corrected chi connectivity index (χ3v) is 3.44. The van der Waals surface area contributed by atoms with Crippen molar-refractivity contribution in [2.45, 2.75) is 18.4 Å². The Hall–Kier alpha value is -1.94. The van der Waals surface area contributed by atoms with Crippen molar-refractivity contribution in [3.63, 3.8) is 0 Å². The highest BCUT2D eigenvalue weighted by molar-refractivity contribution is 5.72. The van der Waals surface area contributed by atoms with Gasteiger partial charge in [0, 0.05) is 0 Å². The van der Waals surface area contributed by atoms with Crippen molar-refractivity contribution in [3.05, 3.63) is 60.0 Å². The Labute approximate surface area is 110 Å². The topological polar surface area (TPSA) is 57.5 Å². The number of rotatable bonds is 3. The molecular formula is C15H15FO3. The monoisotopic (exact) mass is 262 g/mol. The van der Waals surface area contributed by atoms with Crippen LogP contribution < -0.4 is 0 Å². The van der Waals surface area contributed by atoms with Gasteiger partial charge < -0.3 is 10.2 Å². The van der Waals surface area contributed by atoms with Crippen LogP contribution >= 0.6 is 0 Å². The zero-order valence-electron chi connectivity index (χ0n) is 10.5. The average molecular weight is 262 g/mol. The largest absolute Gasteiger partial charge is 0.481 e. The van der Waals surface area contributed by atoms with Crippen LogP contribution in [0.3, 0.4) is 0 Å². The molecule has 0 saturated heterocycles. The lowest BCUT2D eigenvalue weighted by Gasteiger charge is -2.30. The molecule has 0 aliphatic heterocycles. The Morgan fingerprint density at radius 3 is 2.53 bits per heavy atom. The predicted octanol–water partition coefficient (Wildman–Crippen LogP) is 2.65. The van der Waals surface area contributed by atoms with Crippen LogP contribution in [-0.4, -0.2) is 21.8 Å². The molecular weight excluding hydrogens is 247 g/mol. The van der Waals surface area contributed by atoms with Crippen LogP contribution in [0.1, 0.15) is 18.4 Å². The van der Waals surface area contributed by atoms with E-state index in [1.807, 2.05) is 6.07 Å². The number of hydrogen-bond donors (Lipinski definition) is 2. The lowest BCUT2D eigenvalue weighted by Crippen LogP contribution is -2.38. The van der Waals surface area contributed by atoms with Crippen LogP contribution in [0.25, 0.3) is 0 Å². The molecule has 19 heavy (non-hydrogen) atoms. The van der Waals surface area contributed by atoms with Crippen LogP contribution in [0.2, 0.25) is 0 Å². The normalized spacial score (nSPS) is 27.7. The van der Waals surface area contributed by atoms with Crippen LogP contribution in [0.5, 0.6) is 0 Å². The van der Waals surface area contributed by atoms with E-state index in [0.717, 1.165) is 11.6 Å². The van der Waals surface area contributed by atoms with Gasteiger partial charge in [-0.15, -0.1) is 0 Å². The standard InChI is InChI=1S/C15H15FO3/c1-10(14(17)18)15(19)8-7-12(13(16)9-15)11-5-3-2-4-6-11/h2-10,12,19H,1H3,(H,17,18). The molecule has 3 atom stereocenters. The maximum atomic E-state index is 14.1. The summed E-state index contributed by atoms with van der Waals surface area (Å²) in [6, 6.07) is 9.01. The van der Waals surface area contributed by atoms with E-state index in [1.165, 1.54) is 19.1 Å². The lowest BCUT2D eigenvalue weighted by molar-refractivity contribution is -0.146. The molecule has 3 unspecified atom stereocenters. The Bertz CT molecular complexity index is 536. The van der Waals surface area contributed by atoms with Gasteiger partial charge >= 0.3 is 5.97 Å². The number of benzene rings is 1. The third-order valence-electron chi connectivity index (χ3n) is 3.44. The fraction of sp³-hybridized carbons (Fsp3) is 0.267. The van der Waals surface area contributed by atoms with Crippen molar-refractivity contribution >= 4 is 5.97 Å². The highest BCUT2D eigenvalue weighted by Gasteiger charge is 2.38. The van der Waals surface area contributed by atoms with Gasteiger partial charge in [-0.3, -0.25) is 4.79 Å². The number of aliphatic hydroxyl groups is 1. The number of carbonyl (C=O) groups is 1. The summed E-state index contributed by atoms with van der Waals surface area (Å²) in [7, 11) is 0. The molecule has 0 fully saturated rings. The van der Waals surface area contributed by atoms with Gasteiger partial charge in [0.1, 0.15) is 11.4 Å². The molecule has 3 nitrogen and oxygen atoms in total. The van der Waals surface area contributed by atoms with Gasteiger partial charge in [-0.1, -0.05) is 42.5 Å². The van der Waals surface area contributed by atoms with Crippen molar-refractivity contribution < 1.29 is 19.4 Å². The number of aliphatic carboxylic acids is 1. The SMILES string of the molecule is CC(C(=O)O)C1(O)C=CC(c2ccccc2)C(F)=C1. The second-order valence-electron chi connectivity index (χ2n) is 4.72. The minimum Gasteiger partial charge on any atom is -0.481 e. The van der Waals surface area contributed by atoms with E-state index in [2.05, 4.69) is 0 Å². The average Bonchev–Trinajstić information content (AvgIpc) is 2.38. The molecule has 0 spiro atoms. The van der Waals surface area contributed by atoms with E-state index >= 15 is 0 Å². The van der Waals surface area contributed by atoms with E-state index in [9.17, 15) is 14.3 Å². The van der Waals surface area contributed by atoms with Crippen molar-refractivity contribution in [2.24, 2.45) is 5.92 Å². The molecule has 0 bridgehead atoms. The molecule has 1 aromatic rings. The number of allylic oxidation sites excluding steroid dienone is 2. The van der Waals surface area contributed by atoms with Gasteiger partial charge in [0.2, 0.25) is 0 Å². The summed E-state index contributed by atoms with van der Waals surface area (Å²) >= 11 is 0. The van der Waals surface area contributed by atoms with Gasteiger partial charge in [0.15, 0.2) is 0 Å². The summed E-state index contributed by atoms with van der Waals surface area (Å²) in [6.07, 6.45) is 3.85. The smallest absolute Gasteiger partial charge is 0.309 e. The summed E-state index contributed by atoms with van der Waals surface area (Å²) in [6.45, 7) is 1.35. The zero-order valence-corrected chi connectivity index (χ0v) is 10.5. The van der Waals surface area contributed by atoms with Crippen LogP contribution in [0, 0.1) is 5.92 Å². The van der Waals surface area contributed by atoms with Crippen molar-refractivity contribution in [3.8, 4) is 0 Å². The number of carboxylic acids is 1. The molecule has 0 aromatic heterocycles. The molecule has 4 heteroatoms. The van der Waals surface area contributed by atoms with Gasteiger partial charge in [-0.05, 0) is 18.6 Å². The summed E-state index contributed by atoms with van der Waals surface area (Å²) in [5.41, 5.74) is -1.01. The van der Waals surface area contributed by atoms with E-state index < -0.39 is 29.2 Å². The second kappa shape index (κ2) is 4.97. The van der Waals surface area contributed by atoms with Gasteiger partial charge in [0.05, 0.1) is 11.8 Å². The minimum atomic E-state index is -1.78. The first-order valence-electron chi connectivity index (χ1n) is 6.02. The molecule has 0 heterocycles. The molecule has 1 aliphatic carbocycles. The van der Waals surface area contributed by atoms with E-state index in [4.69, 9.17) is 5.11 Å². The molecule has 0 saturated carbocycles. The van der Waals surface area contributed by atoms with Crippen LogP contribution in [0.15, 0.2) is 54.4 Å². The molecule has 1 aliphatic rings. The van der Waals surface area contributed by atoms with Crippen molar-refractivity contribution in [2.75, 3.05) is 0 Å². The molecule has 0 amide bonds. The van der Waals surface area contributed by atoms with E-state index in [1.54, 1.807) is 24.3 Å². The van der Waals surface area contributed by atoms with Gasteiger partial charge in [-0.25, -0.2) is 4.39 Å². The number of halogens is 1. The molecule has 0 radical (unpaired) electrons. The van der Waals surface area contributed by atoms with E-state index in [0.29, 0.717) is 0 Å². The van der Waals surface area contributed by atoms with Crippen LogP contribution in [0.4, 0.5) is 4.39 Å². The fourth-order valence-electron chi connectivity index (χ4n) is 2.10. The van der Waals surface area contributed by atoms with E-state index in [-0.39, 0.29) is 0 Å². The van der Waals surface area contributed by atoms with Gasteiger partial charge in [-0.2, -0.15) is 0 Å². The lowest BCUT2D eigenvalue weighted by atomic mass is 9.81. The second-order valence-corrected chi connectivity index (χ2v) is 4.72. The summed E-state index contributed by atoms with van der Waals surface area (Å²) < 4.78 is 14.1. The Morgan fingerprint density at radius 2 is 2.00 bits per heavy atom. The first kappa shape index (κ1) is 13.5. The fourth-order valence-corrected chi connectivity index (χ4v) is 2.10. The summed E-state index contributed by atoms with van der Waals surface area (Å²) in [5.74, 6) is -3.38. The van der Waals surface area contributed by atoms with Gasteiger partial charge in [0.25, 0.3) is 0 Å². The Morgan fingerprint density at radius 1 is 1.37 bits per heavy atom. The molecule has 100 valence electrons. The summed E-state index contributed by atoms with van der Waals surface area (Å²) in [5, 5.41) is 19.1. The Kier molecular flexibility index (Phi) is 3.53. The molecule has 2 rings (SSSR count). The Balaban J connectivity index is 2.30. The first-order chi connectivity index (χ1) is 8.94. The first-order valence-corrected chi connectivity index (χ1v) is 6.02. The maximum absolute atomic E-state index is 14.1. The minimum absolute atomic E-state index is 0.538. The zero-order chi connectivity index (χ0) is 14.0. The molecule has 1 aromatic carbocycles. The highest BCUT2D eigenvalue weighted by atomic mass is 19.1. The van der Waals surface area contributed by atoms with Crippen molar-refractivity contribution in [1.29, 1.82) is 0 Å². The van der Waals surface area contributed by atoms with Crippen molar-refractivity contribution in [1.82, 2.24) is 0 Å². The maximum Gasteiger partial charge on any atom is 0.309 e. The summed E-state index contributed by atoms with van der Waals surface area (Å²) in [4.78, 5) is 10.9. The van der Waals surface area contributed by atoms with Crippen LogP contribution in [-0.2, 0) is 4.79 Å². The third kappa shape index (κ3) is 2.58.